The number of hydrogen-bond acceptors (Lipinski definition) is 4. The Bertz CT molecular complexity index is 703. The van der Waals surface area contributed by atoms with Gasteiger partial charge in [-0.1, -0.05) is 0 Å². The van der Waals surface area contributed by atoms with Crippen molar-refractivity contribution in [3.05, 3.63) is 34.6 Å². The minimum atomic E-state index is -5.79. The molecule has 0 amide bonds. The van der Waals surface area contributed by atoms with Crippen LogP contribution in [0.5, 0.6) is 0 Å². The minimum Gasteiger partial charge on any atom is -0.467 e. The number of carbonyl (C=O) groups excluding carboxylic acids is 1. The molecule has 4 nitrogen and oxygen atoms in total. The largest absolute Gasteiger partial charge is 0.467 e. The monoisotopic (exact) mass is 363 g/mol. The van der Waals surface area contributed by atoms with Crippen molar-refractivity contribution < 1.29 is 49.4 Å². The van der Waals surface area contributed by atoms with Gasteiger partial charge in [0.25, 0.3) is 5.60 Å². The summed E-state index contributed by atoms with van der Waals surface area (Å²) in [7, 11) is 0.635. The highest BCUT2D eigenvalue weighted by atomic mass is 19.4. The number of carbonyl (C=O) groups is 1. The zero-order valence-electron chi connectivity index (χ0n) is 11.4. The Morgan fingerprint density at radius 2 is 1.54 bits per heavy atom. The van der Waals surface area contributed by atoms with Crippen molar-refractivity contribution >= 4 is 12.4 Å². The van der Waals surface area contributed by atoms with Gasteiger partial charge in [0, 0.05) is 0 Å². The summed E-state index contributed by atoms with van der Waals surface area (Å²) in [6, 6.07) is -2.77. The van der Waals surface area contributed by atoms with E-state index in [1.54, 1.807) is 0 Å². The van der Waals surface area contributed by atoms with Gasteiger partial charge in [-0.05, 0) is 0 Å². The van der Waals surface area contributed by atoms with E-state index in [0.29, 0.717) is 7.11 Å². The van der Waals surface area contributed by atoms with Crippen LogP contribution in [0.3, 0.4) is 0 Å². The number of methoxy groups -OCH3 is 1. The van der Waals surface area contributed by atoms with E-state index in [-0.39, 0.29) is 6.40 Å². The molecule has 0 bridgehead atoms. The Labute approximate surface area is 127 Å². The number of aliphatic imine (C=N–C) groups is 1. The maximum absolute atomic E-state index is 13.9. The number of nitrogens with zero attached hydrogens (tertiary/aromatic N) is 1. The van der Waals surface area contributed by atoms with Crippen LogP contribution in [0.4, 0.5) is 35.1 Å². The highest BCUT2D eigenvalue weighted by molar-refractivity contribution is 5.81. The van der Waals surface area contributed by atoms with Crippen LogP contribution in [0.2, 0.25) is 0 Å². The van der Waals surface area contributed by atoms with Crippen LogP contribution >= 0.6 is 0 Å². The molecule has 1 aromatic carbocycles. The quantitative estimate of drug-likeness (QED) is 0.351. The zero-order valence-corrected chi connectivity index (χ0v) is 11.4. The van der Waals surface area contributed by atoms with Gasteiger partial charge in [0.15, 0.2) is 29.7 Å². The summed E-state index contributed by atoms with van der Waals surface area (Å²) in [6.07, 6.45) is -5.77. The minimum absolute atomic E-state index is 0.0210. The molecule has 24 heavy (non-hydrogen) atoms. The first-order chi connectivity index (χ1) is 11.0. The molecule has 1 aliphatic rings. The second kappa shape index (κ2) is 5.60. The fourth-order valence-electron chi connectivity index (χ4n) is 2.17. The van der Waals surface area contributed by atoms with Crippen molar-refractivity contribution in [2.75, 3.05) is 7.11 Å². The number of halogens is 8. The Morgan fingerprint density at radius 3 is 1.96 bits per heavy atom. The van der Waals surface area contributed by atoms with Crippen LogP contribution < -0.4 is 0 Å². The molecule has 0 N–H and O–H groups in total. The summed E-state index contributed by atoms with van der Waals surface area (Å²) in [5, 5.41) is 0. The fourth-order valence-corrected chi connectivity index (χ4v) is 2.17. The number of hydrogen-bond donors (Lipinski definition) is 0. The van der Waals surface area contributed by atoms with Crippen molar-refractivity contribution in [2.45, 2.75) is 17.8 Å². The number of esters is 1. The van der Waals surface area contributed by atoms with Gasteiger partial charge in [-0.2, -0.15) is 13.2 Å². The first-order valence-electron chi connectivity index (χ1n) is 5.86. The Kier molecular flexibility index (Phi) is 4.19. The molecule has 0 unspecified atom stereocenters. The molecule has 0 aliphatic carbocycles. The van der Waals surface area contributed by atoms with Crippen LogP contribution in [0.25, 0.3) is 0 Å². The SMILES string of the molecule is COC(=O)[C@H]1N=CO[C@]1(c1c(F)c(F)c(F)c(F)c1F)C(F)(F)F. The Balaban J connectivity index is 2.90. The molecule has 132 valence electrons. The third-order valence-corrected chi connectivity index (χ3v) is 3.26. The summed E-state index contributed by atoms with van der Waals surface area (Å²) in [6.45, 7) is 0. The zero-order chi connectivity index (χ0) is 18.4. The van der Waals surface area contributed by atoms with Crippen molar-refractivity contribution in [3.8, 4) is 0 Å². The van der Waals surface area contributed by atoms with Crippen molar-refractivity contribution in [2.24, 2.45) is 4.99 Å². The lowest BCUT2D eigenvalue weighted by molar-refractivity contribution is -0.261. The lowest BCUT2D eigenvalue weighted by atomic mass is 9.84. The average molecular weight is 363 g/mol. The first kappa shape index (κ1) is 17.9. The molecule has 1 aliphatic heterocycles. The van der Waals surface area contributed by atoms with Crippen LogP contribution in [0.15, 0.2) is 4.99 Å². The molecule has 0 aromatic heterocycles. The summed E-state index contributed by atoms with van der Waals surface area (Å²) in [5.74, 6) is -15.3. The molecule has 1 aromatic rings. The van der Waals surface area contributed by atoms with E-state index in [9.17, 15) is 39.9 Å². The first-order valence-corrected chi connectivity index (χ1v) is 5.86. The van der Waals surface area contributed by atoms with Gasteiger partial charge in [-0.3, -0.25) is 0 Å². The van der Waals surface area contributed by atoms with E-state index >= 15 is 0 Å². The van der Waals surface area contributed by atoms with E-state index in [1.807, 2.05) is 0 Å². The van der Waals surface area contributed by atoms with Gasteiger partial charge in [0.05, 0.1) is 12.7 Å². The molecule has 1 heterocycles. The third-order valence-electron chi connectivity index (χ3n) is 3.26. The number of alkyl halides is 3. The molecule has 0 fully saturated rings. The molecule has 2 rings (SSSR count). The van der Waals surface area contributed by atoms with Crippen LogP contribution in [0, 0.1) is 29.1 Å². The fraction of sp³-hybridized carbons (Fsp3) is 0.333. The molecule has 2 atom stereocenters. The van der Waals surface area contributed by atoms with Gasteiger partial charge in [0.1, 0.15) is 0 Å². The van der Waals surface area contributed by atoms with E-state index in [1.165, 1.54) is 0 Å². The maximum Gasteiger partial charge on any atom is 0.435 e. The van der Waals surface area contributed by atoms with Crippen LogP contribution in [0.1, 0.15) is 5.56 Å². The second-order valence-corrected chi connectivity index (χ2v) is 4.48. The smallest absolute Gasteiger partial charge is 0.435 e. The predicted molar refractivity (Wildman–Crippen MR) is 59.3 cm³/mol. The molecule has 0 spiro atoms. The summed E-state index contributed by atoms with van der Waals surface area (Å²) in [5.41, 5.74) is -6.66. The highest BCUT2D eigenvalue weighted by Crippen LogP contribution is 2.50. The lowest BCUT2D eigenvalue weighted by Gasteiger charge is -2.34. The number of benzene rings is 1. The maximum atomic E-state index is 13.9. The van der Waals surface area contributed by atoms with Crippen LogP contribution in [-0.2, 0) is 19.9 Å². The van der Waals surface area contributed by atoms with Crippen molar-refractivity contribution in [3.63, 3.8) is 0 Å². The topological polar surface area (TPSA) is 47.9 Å². The van der Waals surface area contributed by atoms with Crippen molar-refractivity contribution in [1.29, 1.82) is 0 Å². The van der Waals surface area contributed by atoms with Gasteiger partial charge in [0.2, 0.25) is 11.9 Å². The Morgan fingerprint density at radius 1 is 1.08 bits per heavy atom. The summed E-state index contributed by atoms with van der Waals surface area (Å²) < 4.78 is 116. The van der Waals surface area contributed by atoms with E-state index in [2.05, 4.69) is 14.5 Å². The number of rotatable bonds is 2. The molecule has 0 saturated heterocycles. The predicted octanol–water partition coefficient (Wildman–Crippen LogP) is 2.74. The van der Waals surface area contributed by atoms with Gasteiger partial charge >= 0.3 is 12.1 Å². The van der Waals surface area contributed by atoms with Gasteiger partial charge in [-0.25, -0.2) is 31.7 Å². The molecule has 12 heteroatoms. The third kappa shape index (κ3) is 2.19. The second-order valence-electron chi connectivity index (χ2n) is 4.48. The van der Waals surface area contributed by atoms with Crippen LogP contribution in [-0.4, -0.2) is 31.7 Å². The normalized spacial score (nSPS) is 23.3. The molecular weight excluding hydrogens is 358 g/mol. The lowest BCUT2D eigenvalue weighted by Crippen LogP contribution is -2.54. The summed E-state index contributed by atoms with van der Waals surface area (Å²) in [4.78, 5) is 14.4. The van der Waals surface area contributed by atoms with E-state index in [0.717, 1.165) is 0 Å². The Hall–Kier alpha value is -2.40. The number of ether oxygens (including phenoxy) is 2. The van der Waals surface area contributed by atoms with E-state index < -0.39 is 58.4 Å². The molecular formula is C12H5F8NO3. The highest BCUT2D eigenvalue weighted by Gasteiger charge is 2.70. The molecule has 0 radical (unpaired) electrons. The average Bonchev–Trinajstić information content (AvgIpc) is 2.96. The van der Waals surface area contributed by atoms with Crippen molar-refractivity contribution in [1.82, 2.24) is 0 Å². The van der Waals surface area contributed by atoms with E-state index in [4.69, 9.17) is 0 Å². The molecule has 0 saturated carbocycles. The van der Waals surface area contributed by atoms with Gasteiger partial charge in [-0.15, -0.1) is 0 Å². The standard InChI is InChI=1S/C12H5F8NO3/c1-23-10(22)9-11(12(18,19)20,24-2-21-9)3-4(13)6(15)8(17)7(16)5(3)14/h2,9H,1H3/t9-,11+/m1/s1. The summed E-state index contributed by atoms with van der Waals surface area (Å²) >= 11 is 0. The van der Waals surface area contributed by atoms with Gasteiger partial charge < -0.3 is 9.47 Å².